The summed E-state index contributed by atoms with van der Waals surface area (Å²) >= 11 is 3.25. The van der Waals surface area contributed by atoms with Crippen LogP contribution in [0, 0.1) is 17.7 Å². The first kappa shape index (κ1) is 13.0. The lowest BCUT2D eigenvalue weighted by molar-refractivity contribution is 0.0899. The number of aliphatic hydroxyl groups excluding tert-OH is 1. The Morgan fingerprint density at radius 2 is 2.24 bits per heavy atom. The Bertz CT molecular complexity index is 394. The van der Waals surface area contributed by atoms with Crippen LogP contribution < -0.4 is 0 Å². The molecule has 1 fully saturated rings. The van der Waals surface area contributed by atoms with E-state index in [1.54, 1.807) is 6.07 Å². The van der Waals surface area contributed by atoms with E-state index in [1.165, 1.54) is 18.9 Å². The van der Waals surface area contributed by atoms with E-state index in [1.807, 2.05) is 6.07 Å². The maximum atomic E-state index is 13.4. The largest absolute Gasteiger partial charge is 0.392 e. The summed E-state index contributed by atoms with van der Waals surface area (Å²) in [5, 5.41) is 10.2. The standard InChI is InChI=1S/C14H18BrFO/c1-9-4-2-6-11(9)13(17)8-10-5-3-7-12(16)14(10)15/h3,5,7,9,11,13,17H,2,4,6,8H2,1H3. The van der Waals surface area contributed by atoms with E-state index in [2.05, 4.69) is 22.9 Å². The zero-order chi connectivity index (χ0) is 12.4. The van der Waals surface area contributed by atoms with E-state index in [4.69, 9.17) is 0 Å². The van der Waals surface area contributed by atoms with Crippen LogP contribution in [0.3, 0.4) is 0 Å². The van der Waals surface area contributed by atoms with E-state index < -0.39 is 0 Å². The number of hydrogen-bond donors (Lipinski definition) is 1. The van der Waals surface area contributed by atoms with Crippen molar-refractivity contribution in [3.05, 3.63) is 34.1 Å². The molecule has 0 amide bonds. The number of halogens is 2. The first-order chi connectivity index (χ1) is 8.09. The lowest BCUT2D eigenvalue weighted by Crippen LogP contribution is -2.25. The summed E-state index contributed by atoms with van der Waals surface area (Å²) in [5.41, 5.74) is 0.858. The third kappa shape index (κ3) is 2.89. The van der Waals surface area contributed by atoms with Crippen molar-refractivity contribution in [2.45, 2.75) is 38.7 Å². The van der Waals surface area contributed by atoms with Crippen LogP contribution in [-0.2, 0) is 6.42 Å². The summed E-state index contributed by atoms with van der Waals surface area (Å²) in [6.45, 7) is 2.20. The quantitative estimate of drug-likeness (QED) is 0.897. The number of hydrogen-bond acceptors (Lipinski definition) is 1. The van der Waals surface area contributed by atoms with Crippen LogP contribution in [0.2, 0.25) is 0 Å². The number of aliphatic hydroxyl groups is 1. The zero-order valence-electron chi connectivity index (χ0n) is 10.00. The second-order valence-corrected chi connectivity index (χ2v) is 5.85. The summed E-state index contributed by atoms with van der Waals surface area (Å²) in [6, 6.07) is 4.99. The molecular formula is C14H18BrFO. The minimum Gasteiger partial charge on any atom is -0.392 e. The van der Waals surface area contributed by atoms with Gasteiger partial charge in [-0.1, -0.05) is 31.9 Å². The smallest absolute Gasteiger partial charge is 0.137 e. The topological polar surface area (TPSA) is 20.2 Å². The van der Waals surface area contributed by atoms with E-state index >= 15 is 0 Å². The minimum absolute atomic E-state index is 0.255. The van der Waals surface area contributed by atoms with Crippen molar-refractivity contribution in [3.8, 4) is 0 Å². The normalized spacial score (nSPS) is 26.1. The van der Waals surface area contributed by atoms with Gasteiger partial charge in [0.25, 0.3) is 0 Å². The SMILES string of the molecule is CC1CCCC1C(O)Cc1cccc(F)c1Br. The van der Waals surface area contributed by atoms with Crippen LogP contribution in [0.5, 0.6) is 0 Å². The molecule has 1 aromatic carbocycles. The molecule has 0 saturated heterocycles. The highest BCUT2D eigenvalue weighted by Gasteiger charge is 2.30. The van der Waals surface area contributed by atoms with Gasteiger partial charge in [-0.15, -0.1) is 0 Å². The van der Waals surface area contributed by atoms with Crippen LogP contribution in [0.4, 0.5) is 4.39 Å². The molecule has 0 radical (unpaired) electrons. The molecule has 1 nitrogen and oxygen atoms in total. The van der Waals surface area contributed by atoms with Gasteiger partial charge in [0.2, 0.25) is 0 Å². The molecule has 1 N–H and O–H groups in total. The summed E-state index contributed by atoms with van der Waals surface area (Å²) in [5.74, 6) is 0.691. The van der Waals surface area contributed by atoms with Crippen molar-refractivity contribution in [3.63, 3.8) is 0 Å². The summed E-state index contributed by atoms with van der Waals surface area (Å²) in [7, 11) is 0. The molecule has 3 atom stereocenters. The molecule has 1 aliphatic carbocycles. The van der Waals surface area contributed by atoms with Crippen molar-refractivity contribution in [2.24, 2.45) is 11.8 Å². The Labute approximate surface area is 110 Å². The van der Waals surface area contributed by atoms with Gasteiger partial charge in [-0.05, 0) is 52.2 Å². The molecule has 2 rings (SSSR count). The molecule has 0 bridgehead atoms. The van der Waals surface area contributed by atoms with Crippen molar-refractivity contribution >= 4 is 15.9 Å². The predicted molar refractivity (Wildman–Crippen MR) is 70.3 cm³/mol. The molecule has 0 aromatic heterocycles. The summed E-state index contributed by atoms with van der Waals surface area (Å²) in [6.07, 6.45) is 3.67. The van der Waals surface area contributed by atoms with Gasteiger partial charge in [-0.2, -0.15) is 0 Å². The molecule has 1 aliphatic rings. The average Bonchev–Trinajstić information content (AvgIpc) is 2.71. The van der Waals surface area contributed by atoms with Crippen LogP contribution in [-0.4, -0.2) is 11.2 Å². The molecule has 3 unspecified atom stereocenters. The fourth-order valence-electron chi connectivity index (χ4n) is 2.83. The fourth-order valence-corrected chi connectivity index (χ4v) is 3.25. The van der Waals surface area contributed by atoms with Crippen LogP contribution in [0.15, 0.2) is 22.7 Å². The molecule has 17 heavy (non-hydrogen) atoms. The van der Waals surface area contributed by atoms with E-state index in [-0.39, 0.29) is 11.9 Å². The maximum absolute atomic E-state index is 13.4. The highest BCUT2D eigenvalue weighted by Crippen LogP contribution is 2.35. The summed E-state index contributed by atoms with van der Waals surface area (Å²) in [4.78, 5) is 0. The third-order valence-corrected chi connectivity index (χ3v) is 4.77. The average molecular weight is 301 g/mol. The van der Waals surface area contributed by atoms with Gasteiger partial charge >= 0.3 is 0 Å². The number of rotatable bonds is 3. The number of benzene rings is 1. The van der Waals surface area contributed by atoms with E-state index in [0.717, 1.165) is 12.0 Å². The van der Waals surface area contributed by atoms with Crippen LogP contribution >= 0.6 is 15.9 Å². The second-order valence-electron chi connectivity index (χ2n) is 5.06. The molecule has 1 aromatic rings. The van der Waals surface area contributed by atoms with Crippen molar-refractivity contribution in [1.29, 1.82) is 0 Å². The van der Waals surface area contributed by atoms with Gasteiger partial charge < -0.3 is 5.11 Å². The van der Waals surface area contributed by atoms with Gasteiger partial charge in [0.1, 0.15) is 5.82 Å². The van der Waals surface area contributed by atoms with Gasteiger partial charge in [-0.3, -0.25) is 0 Å². The Morgan fingerprint density at radius 3 is 2.88 bits per heavy atom. The molecule has 0 aliphatic heterocycles. The molecule has 94 valence electrons. The monoisotopic (exact) mass is 300 g/mol. The Balaban J connectivity index is 2.07. The molecule has 3 heteroatoms. The van der Waals surface area contributed by atoms with E-state index in [0.29, 0.717) is 22.7 Å². The second kappa shape index (κ2) is 5.49. The van der Waals surface area contributed by atoms with E-state index in [9.17, 15) is 9.50 Å². The fraction of sp³-hybridized carbons (Fsp3) is 0.571. The lowest BCUT2D eigenvalue weighted by Gasteiger charge is -2.22. The van der Waals surface area contributed by atoms with Gasteiger partial charge in [0, 0.05) is 0 Å². The Kier molecular flexibility index (Phi) is 4.21. The zero-order valence-corrected chi connectivity index (χ0v) is 11.6. The first-order valence-corrected chi connectivity index (χ1v) is 7.00. The lowest BCUT2D eigenvalue weighted by atomic mass is 9.88. The maximum Gasteiger partial charge on any atom is 0.137 e. The van der Waals surface area contributed by atoms with Crippen molar-refractivity contribution < 1.29 is 9.50 Å². The van der Waals surface area contributed by atoms with Crippen LogP contribution in [0.1, 0.15) is 31.7 Å². The summed E-state index contributed by atoms with van der Waals surface area (Å²) < 4.78 is 13.8. The first-order valence-electron chi connectivity index (χ1n) is 6.20. The van der Waals surface area contributed by atoms with Gasteiger partial charge in [0.15, 0.2) is 0 Å². The minimum atomic E-state index is -0.356. The molecule has 0 heterocycles. The van der Waals surface area contributed by atoms with Crippen molar-refractivity contribution in [2.75, 3.05) is 0 Å². The third-order valence-electron chi connectivity index (χ3n) is 3.88. The van der Waals surface area contributed by atoms with Gasteiger partial charge in [-0.25, -0.2) is 4.39 Å². The van der Waals surface area contributed by atoms with Crippen molar-refractivity contribution in [1.82, 2.24) is 0 Å². The van der Waals surface area contributed by atoms with Gasteiger partial charge in [0.05, 0.1) is 10.6 Å². The van der Waals surface area contributed by atoms with Crippen LogP contribution in [0.25, 0.3) is 0 Å². The Hall–Kier alpha value is -0.410. The molecular weight excluding hydrogens is 283 g/mol. The molecule has 0 spiro atoms. The highest BCUT2D eigenvalue weighted by atomic mass is 79.9. The highest BCUT2D eigenvalue weighted by molar-refractivity contribution is 9.10. The molecule has 1 saturated carbocycles. The predicted octanol–water partition coefficient (Wildman–Crippen LogP) is 3.93. The Morgan fingerprint density at radius 1 is 1.47 bits per heavy atom.